The van der Waals surface area contributed by atoms with Gasteiger partial charge in [-0.05, 0) is 43.2 Å². The van der Waals surface area contributed by atoms with Crippen molar-refractivity contribution in [2.24, 2.45) is 0 Å². The lowest BCUT2D eigenvalue weighted by Gasteiger charge is -2.06. The van der Waals surface area contributed by atoms with Crippen molar-refractivity contribution in [2.75, 3.05) is 11.9 Å². The third kappa shape index (κ3) is 3.55. The van der Waals surface area contributed by atoms with Crippen LogP contribution in [0.1, 0.15) is 11.3 Å². The van der Waals surface area contributed by atoms with Crippen LogP contribution in [0.2, 0.25) is 0 Å². The van der Waals surface area contributed by atoms with Crippen LogP contribution in [0.3, 0.4) is 0 Å². The second-order valence-corrected chi connectivity index (χ2v) is 3.97. The van der Waals surface area contributed by atoms with Crippen molar-refractivity contribution in [3.05, 3.63) is 59.5 Å². The highest BCUT2D eigenvalue weighted by atomic mass is 19.1. The van der Waals surface area contributed by atoms with Crippen LogP contribution in [0.15, 0.2) is 42.5 Å². The molecule has 0 aliphatic heterocycles. The number of pyridine rings is 1. The van der Waals surface area contributed by atoms with Gasteiger partial charge in [0.1, 0.15) is 11.6 Å². The number of anilines is 1. The second-order valence-electron chi connectivity index (χ2n) is 3.97. The summed E-state index contributed by atoms with van der Waals surface area (Å²) in [6.45, 7) is 2.76. The summed E-state index contributed by atoms with van der Waals surface area (Å²) >= 11 is 0. The van der Waals surface area contributed by atoms with E-state index in [1.807, 2.05) is 25.1 Å². The number of hydrogen-bond donors (Lipinski definition) is 1. The van der Waals surface area contributed by atoms with Gasteiger partial charge < -0.3 is 5.32 Å². The van der Waals surface area contributed by atoms with Crippen LogP contribution in [0.4, 0.5) is 10.2 Å². The Hall–Kier alpha value is -1.90. The maximum Gasteiger partial charge on any atom is 0.126 e. The van der Waals surface area contributed by atoms with Crippen molar-refractivity contribution in [1.82, 2.24) is 4.98 Å². The van der Waals surface area contributed by atoms with E-state index in [-0.39, 0.29) is 5.82 Å². The van der Waals surface area contributed by atoms with Gasteiger partial charge >= 0.3 is 0 Å². The highest BCUT2D eigenvalue weighted by Crippen LogP contribution is 2.06. The first-order valence-corrected chi connectivity index (χ1v) is 5.66. The molecule has 0 unspecified atom stereocenters. The lowest BCUT2D eigenvalue weighted by molar-refractivity contribution is 0.627. The molecule has 1 heterocycles. The Bertz CT molecular complexity index is 480. The predicted molar refractivity (Wildman–Crippen MR) is 67.6 cm³/mol. The summed E-state index contributed by atoms with van der Waals surface area (Å²) < 4.78 is 12.7. The Morgan fingerprint density at radius 2 is 1.88 bits per heavy atom. The summed E-state index contributed by atoms with van der Waals surface area (Å²) in [6, 6.07) is 12.5. The van der Waals surface area contributed by atoms with E-state index >= 15 is 0 Å². The zero-order valence-electron chi connectivity index (χ0n) is 9.78. The van der Waals surface area contributed by atoms with Crippen molar-refractivity contribution in [3.63, 3.8) is 0 Å². The molecule has 17 heavy (non-hydrogen) atoms. The van der Waals surface area contributed by atoms with Gasteiger partial charge in [0.05, 0.1) is 0 Å². The Morgan fingerprint density at radius 1 is 1.12 bits per heavy atom. The van der Waals surface area contributed by atoms with Crippen LogP contribution in [-0.4, -0.2) is 11.5 Å². The topological polar surface area (TPSA) is 24.9 Å². The fourth-order valence-electron chi connectivity index (χ4n) is 1.63. The quantitative estimate of drug-likeness (QED) is 0.872. The molecule has 0 aliphatic rings. The van der Waals surface area contributed by atoms with E-state index in [1.165, 1.54) is 12.1 Å². The zero-order valence-corrected chi connectivity index (χ0v) is 9.78. The number of nitrogens with one attached hydrogen (secondary N) is 1. The molecular formula is C14H15FN2. The number of halogens is 1. The van der Waals surface area contributed by atoms with Crippen molar-refractivity contribution in [3.8, 4) is 0 Å². The Kier molecular flexibility index (Phi) is 3.70. The molecule has 0 bridgehead atoms. The van der Waals surface area contributed by atoms with Gasteiger partial charge in [-0.15, -0.1) is 0 Å². The standard InChI is InChI=1S/C14H15FN2/c1-11-3-2-4-14(17-11)16-10-9-12-5-7-13(15)8-6-12/h2-8H,9-10H2,1H3,(H,16,17). The summed E-state index contributed by atoms with van der Waals surface area (Å²) in [5.74, 6) is 0.689. The lowest BCUT2D eigenvalue weighted by Crippen LogP contribution is -2.06. The summed E-state index contributed by atoms with van der Waals surface area (Å²) in [5, 5.41) is 3.24. The Labute approximate surface area is 101 Å². The summed E-state index contributed by atoms with van der Waals surface area (Å²) in [7, 11) is 0. The monoisotopic (exact) mass is 230 g/mol. The van der Waals surface area contributed by atoms with E-state index in [9.17, 15) is 4.39 Å². The van der Waals surface area contributed by atoms with Crippen LogP contribution in [0, 0.1) is 12.7 Å². The average molecular weight is 230 g/mol. The van der Waals surface area contributed by atoms with E-state index in [0.29, 0.717) is 0 Å². The van der Waals surface area contributed by atoms with Crippen molar-refractivity contribution in [2.45, 2.75) is 13.3 Å². The van der Waals surface area contributed by atoms with Crippen LogP contribution < -0.4 is 5.32 Å². The molecule has 0 saturated carbocycles. The molecule has 0 atom stereocenters. The van der Waals surface area contributed by atoms with Crippen LogP contribution >= 0.6 is 0 Å². The first-order valence-electron chi connectivity index (χ1n) is 5.66. The van der Waals surface area contributed by atoms with Gasteiger partial charge in [0.25, 0.3) is 0 Å². The van der Waals surface area contributed by atoms with Gasteiger partial charge in [-0.1, -0.05) is 18.2 Å². The Balaban J connectivity index is 1.85. The van der Waals surface area contributed by atoms with E-state index in [2.05, 4.69) is 10.3 Å². The van der Waals surface area contributed by atoms with Crippen molar-refractivity contribution < 1.29 is 4.39 Å². The highest BCUT2D eigenvalue weighted by molar-refractivity contribution is 5.35. The molecule has 0 amide bonds. The maximum atomic E-state index is 12.7. The molecule has 1 N–H and O–H groups in total. The van der Waals surface area contributed by atoms with E-state index in [0.717, 1.165) is 30.0 Å². The first-order chi connectivity index (χ1) is 8.24. The molecule has 2 rings (SSSR count). The molecule has 0 aliphatic carbocycles. The van der Waals surface area contributed by atoms with Gasteiger partial charge in [-0.25, -0.2) is 9.37 Å². The molecule has 3 heteroatoms. The van der Waals surface area contributed by atoms with Gasteiger partial charge in [0.15, 0.2) is 0 Å². The van der Waals surface area contributed by atoms with Crippen LogP contribution in [0.25, 0.3) is 0 Å². The Morgan fingerprint density at radius 3 is 2.59 bits per heavy atom. The molecule has 2 nitrogen and oxygen atoms in total. The molecule has 0 fully saturated rings. The van der Waals surface area contributed by atoms with Crippen molar-refractivity contribution >= 4 is 5.82 Å². The number of nitrogens with zero attached hydrogens (tertiary/aromatic N) is 1. The molecule has 88 valence electrons. The van der Waals surface area contributed by atoms with E-state index in [1.54, 1.807) is 12.1 Å². The van der Waals surface area contributed by atoms with E-state index in [4.69, 9.17) is 0 Å². The van der Waals surface area contributed by atoms with Gasteiger partial charge in [0, 0.05) is 12.2 Å². The third-order valence-electron chi connectivity index (χ3n) is 2.52. The fourth-order valence-corrected chi connectivity index (χ4v) is 1.63. The summed E-state index contributed by atoms with van der Waals surface area (Å²) in [5.41, 5.74) is 2.11. The minimum absolute atomic E-state index is 0.193. The number of rotatable bonds is 4. The molecule has 1 aromatic carbocycles. The highest BCUT2D eigenvalue weighted by Gasteiger charge is 1.96. The normalized spacial score (nSPS) is 10.2. The number of aryl methyl sites for hydroxylation is 1. The second kappa shape index (κ2) is 5.43. The molecule has 1 aromatic heterocycles. The van der Waals surface area contributed by atoms with Crippen molar-refractivity contribution in [1.29, 1.82) is 0 Å². The summed E-state index contributed by atoms with van der Waals surface area (Å²) in [6.07, 6.45) is 0.857. The van der Waals surface area contributed by atoms with E-state index < -0.39 is 0 Å². The number of benzene rings is 1. The molecule has 2 aromatic rings. The van der Waals surface area contributed by atoms with Gasteiger partial charge in [-0.3, -0.25) is 0 Å². The number of aromatic nitrogens is 1. The smallest absolute Gasteiger partial charge is 0.126 e. The molecular weight excluding hydrogens is 215 g/mol. The molecule has 0 radical (unpaired) electrons. The number of hydrogen-bond acceptors (Lipinski definition) is 2. The first kappa shape index (κ1) is 11.6. The minimum Gasteiger partial charge on any atom is -0.370 e. The molecule has 0 saturated heterocycles. The van der Waals surface area contributed by atoms with Gasteiger partial charge in [0.2, 0.25) is 0 Å². The van der Waals surface area contributed by atoms with Crippen LogP contribution in [-0.2, 0) is 6.42 Å². The maximum absolute atomic E-state index is 12.7. The van der Waals surface area contributed by atoms with Crippen LogP contribution in [0.5, 0.6) is 0 Å². The lowest BCUT2D eigenvalue weighted by atomic mass is 10.1. The largest absolute Gasteiger partial charge is 0.370 e. The predicted octanol–water partition coefficient (Wildman–Crippen LogP) is 3.18. The van der Waals surface area contributed by atoms with Gasteiger partial charge in [-0.2, -0.15) is 0 Å². The summed E-state index contributed by atoms with van der Waals surface area (Å²) in [4.78, 5) is 4.35. The fraction of sp³-hybridized carbons (Fsp3) is 0.214. The molecule has 0 spiro atoms. The SMILES string of the molecule is Cc1cccc(NCCc2ccc(F)cc2)n1. The minimum atomic E-state index is -0.193. The average Bonchev–Trinajstić information content (AvgIpc) is 2.32. The zero-order chi connectivity index (χ0) is 12.1. The third-order valence-corrected chi connectivity index (χ3v) is 2.52.